The van der Waals surface area contributed by atoms with Crippen molar-refractivity contribution in [1.82, 2.24) is 4.98 Å². The Labute approximate surface area is 125 Å². The van der Waals surface area contributed by atoms with E-state index < -0.39 is 0 Å². The summed E-state index contributed by atoms with van der Waals surface area (Å²) in [5.74, 6) is 1.39. The number of benzene rings is 2. The summed E-state index contributed by atoms with van der Waals surface area (Å²) in [5, 5.41) is 2.19. The van der Waals surface area contributed by atoms with Crippen molar-refractivity contribution in [1.29, 1.82) is 0 Å². The van der Waals surface area contributed by atoms with E-state index in [0.717, 1.165) is 27.8 Å². The van der Waals surface area contributed by atoms with Crippen LogP contribution in [0.1, 0.15) is 13.8 Å². The second kappa shape index (κ2) is 6.75. The highest BCUT2D eigenvalue weighted by atomic mass is 16.5. The van der Waals surface area contributed by atoms with Crippen LogP contribution in [0.5, 0.6) is 5.75 Å². The van der Waals surface area contributed by atoms with Gasteiger partial charge in [-0.1, -0.05) is 44.2 Å². The van der Waals surface area contributed by atoms with Gasteiger partial charge in [-0.3, -0.25) is 0 Å². The van der Waals surface area contributed by atoms with Crippen LogP contribution >= 0.6 is 0 Å². The zero-order chi connectivity index (χ0) is 15.2. The number of fused-ring (bicyclic) bond motifs is 1. The van der Waals surface area contributed by atoms with Crippen molar-refractivity contribution in [2.45, 2.75) is 13.8 Å². The Morgan fingerprint density at radius 1 is 0.857 bits per heavy atom. The van der Waals surface area contributed by atoms with Crippen LogP contribution < -0.4 is 10.5 Å². The molecule has 0 unspecified atom stereocenters. The quantitative estimate of drug-likeness (QED) is 0.750. The van der Waals surface area contributed by atoms with Gasteiger partial charge in [-0.15, -0.1) is 0 Å². The molecule has 0 saturated carbocycles. The summed E-state index contributed by atoms with van der Waals surface area (Å²) < 4.78 is 5.40. The normalized spacial score (nSPS) is 9.86. The van der Waals surface area contributed by atoms with Gasteiger partial charge in [-0.05, 0) is 29.7 Å². The van der Waals surface area contributed by atoms with E-state index in [-0.39, 0.29) is 0 Å². The largest absolute Gasteiger partial charge is 0.496 e. The number of rotatable bonds is 2. The molecule has 3 aromatic rings. The maximum absolute atomic E-state index is 5.76. The SMILES string of the molecule is CC.COc1ccc(-c2cccc(N)n2)c2ccccc12. The van der Waals surface area contributed by atoms with Crippen molar-refractivity contribution < 1.29 is 4.74 Å². The molecule has 1 heterocycles. The number of hydrogen-bond acceptors (Lipinski definition) is 3. The molecule has 3 heteroatoms. The molecule has 0 fully saturated rings. The van der Waals surface area contributed by atoms with E-state index in [1.165, 1.54) is 0 Å². The molecular formula is C18H20N2O. The summed E-state index contributed by atoms with van der Waals surface area (Å²) in [4.78, 5) is 4.39. The molecule has 2 aromatic carbocycles. The summed E-state index contributed by atoms with van der Waals surface area (Å²) in [6.45, 7) is 4.00. The molecule has 0 spiro atoms. The predicted molar refractivity (Wildman–Crippen MR) is 89.5 cm³/mol. The van der Waals surface area contributed by atoms with Gasteiger partial charge in [0.25, 0.3) is 0 Å². The molecule has 2 N–H and O–H groups in total. The number of pyridine rings is 1. The molecule has 0 saturated heterocycles. The molecule has 0 aliphatic rings. The monoisotopic (exact) mass is 280 g/mol. The van der Waals surface area contributed by atoms with Gasteiger partial charge in [-0.2, -0.15) is 0 Å². The minimum absolute atomic E-state index is 0.525. The van der Waals surface area contributed by atoms with Crippen molar-refractivity contribution in [3.05, 3.63) is 54.6 Å². The third-order valence-corrected chi connectivity index (χ3v) is 3.15. The first kappa shape index (κ1) is 14.9. The molecule has 0 aliphatic heterocycles. The maximum atomic E-state index is 5.76. The smallest absolute Gasteiger partial charge is 0.126 e. The third kappa shape index (κ3) is 2.97. The fourth-order valence-corrected chi connectivity index (χ4v) is 2.27. The topological polar surface area (TPSA) is 48.1 Å². The molecule has 3 nitrogen and oxygen atoms in total. The first-order valence-corrected chi connectivity index (χ1v) is 7.08. The molecule has 0 bridgehead atoms. The Morgan fingerprint density at radius 3 is 2.24 bits per heavy atom. The minimum Gasteiger partial charge on any atom is -0.496 e. The van der Waals surface area contributed by atoms with Crippen LogP contribution in [-0.2, 0) is 0 Å². The number of ether oxygens (including phenoxy) is 1. The van der Waals surface area contributed by atoms with Crippen LogP contribution in [0, 0.1) is 0 Å². The summed E-state index contributed by atoms with van der Waals surface area (Å²) in [5.41, 5.74) is 7.69. The van der Waals surface area contributed by atoms with Gasteiger partial charge in [0.05, 0.1) is 12.8 Å². The van der Waals surface area contributed by atoms with Crippen LogP contribution in [0.2, 0.25) is 0 Å². The Morgan fingerprint density at radius 2 is 1.57 bits per heavy atom. The number of nitrogen functional groups attached to an aromatic ring is 1. The van der Waals surface area contributed by atoms with Gasteiger partial charge < -0.3 is 10.5 Å². The second-order valence-electron chi connectivity index (χ2n) is 4.31. The van der Waals surface area contributed by atoms with Crippen LogP contribution in [-0.4, -0.2) is 12.1 Å². The summed E-state index contributed by atoms with van der Waals surface area (Å²) in [7, 11) is 1.68. The van der Waals surface area contributed by atoms with Gasteiger partial charge in [-0.25, -0.2) is 4.98 Å². The highest BCUT2D eigenvalue weighted by Crippen LogP contribution is 2.33. The molecule has 0 amide bonds. The van der Waals surface area contributed by atoms with Gasteiger partial charge in [0.2, 0.25) is 0 Å². The standard InChI is InChI=1S/C16H14N2O.C2H6/c1-19-15-10-9-12(11-5-2-3-6-13(11)15)14-7-4-8-16(17)18-14;1-2/h2-10H,1H3,(H2,17,18);1-2H3. The van der Waals surface area contributed by atoms with E-state index in [2.05, 4.69) is 11.1 Å². The number of nitrogens with zero attached hydrogens (tertiary/aromatic N) is 1. The van der Waals surface area contributed by atoms with Crippen LogP contribution in [0.15, 0.2) is 54.6 Å². The second-order valence-corrected chi connectivity index (χ2v) is 4.31. The minimum atomic E-state index is 0.525. The highest BCUT2D eigenvalue weighted by molar-refractivity contribution is 5.99. The van der Waals surface area contributed by atoms with Crippen molar-refractivity contribution in [2.24, 2.45) is 0 Å². The summed E-state index contributed by atoms with van der Waals surface area (Å²) >= 11 is 0. The average molecular weight is 280 g/mol. The zero-order valence-electron chi connectivity index (χ0n) is 12.6. The number of anilines is 1. The lowest BCUT2D eigenvalue weighted by Gasteiger charge is -2.10. The zero-order valence-corrected chi connectivity index (χ0v) is 12.6. The number of hydrogen-bond donors (Lipinski definition) is 1. The molecule has 1 aromatic heterocycles. The molecule has 3 rings (SSSR count). The molecule has 0 aliphatic carbocycles. The lowest BCUT2D eigenvalue weighted by molar-refractivity contribution is 0.420. The summed E-state index contributed by atoms with van der Waals surface area (Å²) in [6, 6.07) is 17.8. The van der Waals surface area contributed by atoms with Gasteiger partial charge in [0.1, 0.15) is 11.6 Å². The third-order valence-electron chi connectivity index (χ3n) is 3.15. The number of methoxy groups -OCH3 is 1. The molecular weight excluding hydrogens is 260 g/mol. The predicted octanol–water partition coefficient (Wildman–Crippen LogP) is 4.52. The van der Waals surface area contributed by atoms with Crippen LogP contribution in [0.25, 0.3) is 22.0 Å². The number of aromatic nitrogens is 1. The lowest BCUT2D eigenvalue weighted by Crippen LogP contribution is -1.93. The van der Waals surface area contributed by atoms with E-state index in [1.807, 2.05) is 56.3 Å². The average Bonchev–Trinajstić information content (AvgIpc) is 2.55. The molecule has 108 valence electrons. The van der Waals surface area contributed by atoms with E-state index in [9.17, 15) is 0 Å². The number of nitrogens with two attached hydrogens (primary N) is 1. The fourth-order valence-electron chi connectivity index (χ4n) is 2.27. The lowest BCUT2D eigenvalue weighted by atomic mass is 10.0. The van der Waals surface area contributed by atoms with Crippen molar-refractivity contribution in [3.63, 3.8) is 0 Å². The van der Waals surface area contributed by atoms with Gasteiger partial charge in [0, 0.05) is 10.9 Å². The van der Waals surface area contributed by atoms with Gasteiger partial charge >= 0.3 is 0 Å². The first-order valence-electron chi connectivity index (χ1n) is 7.08. The van der Waals surface area contributed by atoms with Crippen molar-refractivity contribution in [3.8, 4) is 17.0 Å². The highest BCUT2D eigenvalue weighted by Gasteiger charge is 2.08. The van der Waals surface area contributed by atoms with E-state index >= 15 is 0 Å². The van der Waals surface area contributed by atoms with E-state index in [1.54, 1.807) is 13.2 Å². The van der Waals surface area contributed by atoms with Crippen molar-refractivity contribution in [2.75, 3.05) is 12.8 Å². The van der Waals surface area contributed by atoms with Gasteiger partial charge in [0.15, 0.2) is 0 Å². The Hall–Kier alpha value is -2.55. The first-order chi connectivity index (χ1) is 10.3. The molecule has 0 atom stereocenters. The van der Waals surface area contributed by atoms with Crippen molar-refractivity contribution >= 4 is 16.6 Å². The van der Waals surface area contributed by atoms with Crippen LogP contribution in [0.4, 0.5) is 5.82 Å². The van der Waals surface area contributed by atoms with E-state index in [4.69, 9.17) is 10.5 Å². The Balaban J connectivity index is 0.000000774. The fraction of sp³-hybridized carbons (Fsp3) is 0.167. The summed E-state index contributed by atoms with van der Waals surface area (Å²) in [6.07, 6.45) is 0. The Bertz CT molecular complexity index is 738. The molecule has 21 heavy (non-hydrogen) atoms. The van der Waals surface area contributed by atoms with E-state index in [0.29, 0.717) is 5.82 Å². The maximum Gasteiger partial charge on any atom is 0.126 e. The Kier molecular flexibility index (Phi) is 4.77. The molecule has 0 radical (unpaired) electrons. The van der Waals surface area contributed by atoms with Crippen LogP contribution in [0.3, 0.4) is 0 Å².